The molecule has 2 N–H and O–H groups in total. The van der Waals surface area contributed by atoms with E-state index in [4.69, 9.17) is 0 Å². The predicted octanol–water partition coefficient (Wildman–Crippen LogP) is 2.20. The van der Waals surface area contributed by atoms with Gasteiger partial charge >= 0.3 is 0 Å². The van der Waals surface area contributed by atoms with E-state index in [-0.39, 0.29) is 0 Å². The van der Waals surface area contributed by atoms with E-state index in [2.05, 4.69) is 27.0 Å². The Labute approximate surface area is 105 Å². The number of aliphatic imine (C=N–C) groups is 1. The van der Waals surface area contributed by atoms with Crippen LogP contribution >= 0.6 is 0 Å². The molecule has 87 valence electrons. The second kappa shape index (κ2) is 4.71. The second-order valence-corrected chi connectivity index (χ2v) is 3.81. The van der Waals surface area contributed by atoms with E-state index in [1.165, 1.54) is 0 Å². The van der Waals surface area contributed by atoms with Gasteiger partial charge in [-0.1, -0.05) is 18.2 Å². The minimum atomic E-state index is 0.725. The molecule has 18 heavy (non-hydrogen) atoms. The molecule has 0 unspecified atom stereocenters. The monoisotopic (exact) mass is 235 g/mol. The topological polar surface area (TPSA) is 48.8 Å². The molecular formula is C14H11N4. The van der Waals surface area contributed by atoms with Crippen LogP contribution in [0.25, 0.3) is 0 Å². The molecule has 0 saturated carbocycles. The molecule has 2 heterocycles. The van der Waals surface area contributed by atoms with Gasteiger partial charge in [0.2, 0.25) is 0 Å². The number of nitrogens with zero attached hydrogens (tertiary/aromatic N) is 2. The fraction of sp³-hybridized carbons (Fsp3) is 0. The highest BCUT2D eigenvalue weighted by Crippen LogP contribution is 2.19. The Morgan fingerprint density at radius 3 is 3.06 bits per heavy atom. The Balaban J connectivity index is 1.95. The molecule has 1 aromatic carbocycles. The van der Waals surface area contributed by atoms with Crippen LogP contribution in [-0.4, -0.2) is 12.4 Å². The number of hydrogen-bond acceptors (Lipinski definition) is 4. The Morgan fingerprint density at radius 2 is 2.06 bits per heavy atom. The number of fused-ring (bicyclic) bond motifs is 1. The van der Waals surface area contributed by atoms with E-state index in [0.29, 0.717) is 0 Å². The highest BCUT2D eigenvalue weighted by atomic mass is 15.3. The summed E-state index contributed by atoms with van der Waals surface area (Å²) in [4.78, 5) is 4.43. The van der Waals surface area contributed by atoms with Crippen LogP contribution in [0.15, 0.2) is 64.0 Å². The second-order valence-electron chi connectivity index (χ2n) is 3.81. The molecule has 2 aliphatic rings. The van der Waals surface area contributed by atoms with Gasteiger partial charge in [0.15, 0.2) is 0 Å². The number of hydrazone groups is 1. The Bertz CT molecular complexity index is 606. The van der Waals surface area contributed by atoms with Crippen molar-refractivity contribution in [2.24, 2.45) is 10.1 Å². The number of nitrogens with one attached hydrogen (secondary N) is 2. The molecular weight excluding hydrogens is 224 g/mol. The van der Waals surface area contributed by atoms with E-state index >= 15 is 0 Å². The van der Waals surface area contributed by atoms with Crippen LogP contribution in [0.1, 0.15) is 5.56 Å². The summed E-state index contributed by atoms with van der Waals surface area (Å²) in [6.45, 7) is 0. The summed E-state index contributed by atoms with van der Waals surface area (Å²) in [5, 5.41) is 7.15. The zero-order valence-corrected chi connectivity index (χ0v) is 9.59. The van der Waals surface area contributed by atoms with E-state index in [1.54, 1.807) is 12.4 Å². The van der Waals surface area contributed by atoms with Crippen molar-refractivity contribution in [2.75, 3.05) is 5.32 Å². The van der Waals surface area contributed by atoms with E-state index < -0.39 is 0 Å². The number of anilines is 1. The molecule has 4 nitrogen and oxygen atoms in total. The van der Waals surface area contributed by atoms with E-state index in [0.717, 1.165) is 22.5 Å². The highest BCUT2D eigenvalue weighted by molar-refractivity contribution is 5.92. The average Bonchev–Trinajstić information content (AvgIpc) is 2.79. The van der Waals surface area contributed by atoms with Crippen LogP contribution in [-0.2, 0) is 0 Å². The lowest BCUT2D eigenvalue weighted by molar-refractivity contribution is 0.979. The number of benzene rings is 1. The first-order chi connectivity index (χ1) is 8.93. The lowest BCUT2D eigenvalue weighted by Gasteiger charge is -2.01. The first-order valence-electron chi connectivity index (χ1n) is 5.61. The average molecular weight is 235 g/mol. The normalized spacial score (nSPS) is 16.7. The molecule has 1 aromatic rings. The lowest BCUT2D eigenvalue weighted by Crippen LogP contribution is -1.96. The Morgan fingerprint density at radius 1 is 1.11 bits per heavy atom. The van der Waals surface area contributed by atoms with Gasteiger partial charge < -0.3 is 5.32 Å². The van der Waals surface area contributed by atoms with Crippen LogP contribution in [0.2, 0.25) is 0 Å². The van der Waals surface area contributed by atoms with Gasteiger partial charge in [0.25, 0.3) is 0 Å². The van der Waals surface area contributed by atoms with Crippen LogP contribution in [0, 0.1) is 6.20 Å². The summed E-state index contributed by atoms with van der Waals surface area (Å²) in [5.74, 6) is 0. The SMILES string of the molecule is [C]1=C(C2=CC=CNN=C2)N=Cc2ccccc2N1. The zero-order chi connectivity index (χ0) is 12.2. The summed E-state index contributed by atoms with van der Waals surface area (Å²) >= 11 is 0. The van der Waals surface area contributed by atoms with Crippen molar-refractivity contribution in [1.29, 1.82) is 0 Å². The van der Waals surface area contributed by atoms with Crippen LogP contribution in [0.4, 0.5) is 5.69 Å². The summed E-state index contributed by atoms with van der Waals surface area (Å²) in [5.41, 5.74) is 6.43. The summed E-state index contributed by atoms with van der Waals surface area (Å²) in [6, 6.07) is 7.96. The Hall–Kier alpha value is -2.62. The van der Waals surface area contributed by atoms with E-state index in [1.807, 2.05) is 42.6 Å². The van der Waals surface area contributed by atoms with Gasteiger partial charge in [-0.3, -0.25) is 10.4 Å². The van der Waals surface area contributed by atoms with Gasteiger partial charge in [-0.2, -0.15) is 5.10 Å². The minimum Gasteiger partial charge on any atom is -0.351 e. The highest BCUT2D eigenvalue weighted by Gasteiger charge is 2.07. The molecule has 0 aromatic heterocycles. The van der Waals surface area contributed by atoms with E-state index in [9.17, 15) is 0 Å². The fourth-order valence-electron chi connectivity index (χ4n) is 1.69. The molecule has 0 fully saturated rings. The molecule has 0 bridgehead atoms. The molecule has 4 heteroatoms. The van der Waals surface area contributed by atoms with Gasteiger partial charge in [-0.25, -0.2) is 0 Å². The van der Waals surface area contributed by atoms with Gasteiger partial charge in [0, 0.05) is 29.2 Å². The number of rotatable bonds is 1. The molecule has 3 rings (SSSR count). The third-order valence-corrected chi connectivity index (χ3v) is 2.61. The number of hydrogen-bond donors (Lipinski definition) is 2. The fourth-order valence-corrected chi connectivity index (χ4v) is 1.69. The third kappa shape index (κ3) is 2.08. The van der Waals surface area contributed by atoms with Gasteiger partial charge in [-0.15, -0.1) is 0 Å². The first kappa shape index (κ1) is 10.5. The van der Waals surface area contributed by atoms with Crippen molar-refractivity contribution in [3.05, 3.63) is 65.7 Å². The van der Waals surface area contributed by atoms with Crippen molar-refractivity contribution in [2.45, 2.75) is 0 Å². The standard InChI is InChI=1S/C14H11N4/c1-2-6-13-11(4-1)8-15-14(10-16-13)12-5-3-7-17-18-9-12/h1-9,16-17H. The van der Waals surface area contributed by atoms with Crippen molar-refractivity contribution in [3.8, 4) is 0 Å². The summed E-state index contributed by atoms with van der Waals surface area (Å²) < 4.78 is 0. The molecule has 0 amide bonds. The zero-order valence-electron chi connectivity index (χ0n) is 9.59. The van der Waals surface area contributed by atoms with Crippen LogP contribution in [0.5, 0.6) is 0 Å². The van der Waals surface area contributed by atoms with Crippen LogP contribution in [0.3, 0.4) is 0 Å². The number of para-hydroxylation sites is 1. The summed E-state index contributed by atoms with van der Waals surface area (Å²) in [7, 11) is 0. The summed E-state index contributed by atoms with van der Waals surface area (Å²) in [6.07, 6.45) is 12.2. The largest absolute Gasteiger partial charge is 0.351 e. The van der Waals surface area contributed by atoms with Crippen molar-refractivity contribution in [1.82, 2.24) is 5.43 Å². The maximum atomic E-state index is 4.43. The van der Waals surface area contributed by atoms with Crippen molar-refractivity contribution >= 4 is 18.1 Å². The van der Waals surface area contributed by atoms with Crippen LogP contribution < -0.4 is 10.7 Å². The molecule has 0 atom stereocenters. The minimum absolute atomic E-state index is 0.725. The first-order valence-corrected chi connectivity index (χ1v) is 5.61. The molecule has 0 aliphatic carbocycles. The molecule has 2 aliphatic heterocycles. The van der Waals surface area contributed by atoms with Gasteiger partial charge in [0.05, 0.1) is 18.1 Å². The van der Waals surface area contributed by atoms with Gasteiger partial charge in [-0.05, 0) is 18.2 Å². The lowest BCUT2D eigenvalue weighted by atomic mass is 10.2. The number of allylic oxidation sites excluding steroid dienone is 3. The Kier molecular flexibility index (Phi) is 2.75. The van der Waals surface area contributed by atoms with Crippen molar-refractivity contribution < 1.29 is 0 Å². The third-order valence-electron chi connectivity index (χ3n) is 2.61. The molecule has 0 saturated heterocycles. The van der Waals surface area contributed by atoms with Gasteiger partial charge in [0.1, 0.15) is 0 Å². The predicted molar refractivity (Wildman–Crippen MR) is 73.3 cm³/mol. The smallest absolute Gasteiger partial charge is 0.0975 e. The maximum Gasteiger partial charge on any atom is 0.0975 e. The van der Waals surface area contributed by atoms with Crippen molar-refractivity contribution in [3.63, 3.8) is 0 Å². The molecule has 1 radical (unpaired) electrons. The quantitative estimate of drug-likeness (QED) is 0.784. The molecule has 0 spiro atoms. The maximum absolute atomic E-state index is 4.43.